The Morgan fingerprint density at radius 1 is 1.41 bits per heavy atom. The fraction of sp³-hybridized carbons (Fsp3) is 0.231. The van der Waals surface area contributed by atoms with Crippen LogP contribution in [0.2, 0.25) is 0 Å². The maximum Gasteiger partial charge on any atom is 0.343 e. The van der Waals surface area contributed by atoms with Gasteiger partial charge in [-0.3, -0.25) is 4.98 Å². The van der Waals surface area contributed by atoms with Crippen molar-refractivity contribution >= 4 is 16.7 Å². The minimum absolute atomic E-state index is 0.0938. The van der Waals surface area contributed by atoms with E-state index in [1.165, 1.54) is 7.11 Å². The molecule has 0 saturated heterocycles. The van der Waals surface area contributed by atoms with Gasteiger partial charge in [-0.15, -0.1) is 0 Å². The molecule has 4 nitrogen and oxygen atoms in total. The average Bonchev–Trinajstić information content (AvgIpc) is 2.35. The van der Waals surface area contributed by atoms with Gasteiger partial charge in [-0.05, 0) is 24.4 Å². The number of fused-ring (bicyclic) bond motifs is 1. The molecule has 1 heterocycles. The van der Waals surface area contributed by atoms with Crippen molar-refractivity contribution in [2.24, 2.45) is 0 Å². The van der Waals surface area contributed by atoms with Gasteiger partial charge in [0, 0.05) is 17.3 Å². The van der Waals surface area contributed by atoms with E-state index in [1.807, 2.05) is 31.2 Å². The number of carbonyl (C=O) groups excluding carboxylic acids is 1. The largest absolute Gasteiger partial charge is 0.481 e. The molecular weight excluding hydrogens is 218 g/mol. The molecule has 0 fully saturated rings. The first kappa shape index (κ1) is 11.4. The van der Waals surface area contributed by atoms with Crippen LogP contribution >= 0.6 is 0 Å². The summed E-state index contributed by atoms with van der Waals surface area (Å²) in [6, 6.07) is 7.64. The SMILES string of the molecule is COC(=O)COc1cccc2cc(C)ncc12. The van der Waals surface area contributed by atoms with E-state index in [1.54, 1.807) is 6.20 Å². The molecule has 1 aromatic heterocycles. The number of carbonyl (C=O) groups is 1. The zero-order valence-corrected chi connectivity index (χ0v) is 9.77. The molecule has 2 aromatic rings. The van der Waals surface area contributed by atoms with Crippen molar-refractivity contribution in [2.45, 2.75) is 6.92 Å². The lowest BCUT2D eigenvalue weighted by Gasteiger charge is -2.08. The number of methoxy groups -OCH3 is 1. The third-order valence-corrected chi connectivity index (χ3v) is 2.43. The number of benzene rings is 1. The lowest BCUT2D eigenvalue weighted by atomic mass is 10.1. The summed E-state index contributed by atoms with van der Waals surface area (Å²) < 4.78 is 9.92. The highest BCUT2D eigenvalue weighted by molar-refractivity contribution is 5.88. The van der Waals surface area contributed by atoms with Gasteiger partial charge >= 0.3 is 5.97 Å². The lowest BCUT2D eigenvalue weighted by Crippen LogP contribution is -2.12. The fourth-order valence-corrected chi connectivity index (χ4v) is 1.58. The van der Waals surface area contributed by atoms with Crippen molar-refractivity contribution in [3.05, 3.63) is 36.2 Å². The first-order valence-electron chi connectivity index (χ1n) is 5.25. The zero-order chi connectivity index (χ0) is 12.3. The maximum absolute atomic E-state index is 11.0. The number of hydrogen-bond donors (Lipinski definition) is 0. The quantitative estimate of drug-likeness (QED) is 0.759. The summed E-state index contributed by atoms with van der Waals surface area (Å²) in [4.78, 5) is 15.2. The fourth-order valence-electron chi connectivity index (χ4n) is 1.58. The van der Waals surface area contributed by atoms with Crippen LogP contribution in [0.1, 0.15) is 5.69 Å². The van der Waals surface area contributed by atoms with Crippen molar-refractivity contribution in [1.29, 1.82) is 0 Å². The molecule has 88 valence electrons. The molecule has 0 radical (unpaired) electrons. The summed E-state index contributed by atoms with van der Waals surface area (Å²) in [5, 5.41) is 1.93. The van der Waals surface area contributed by atoms with Crippen LogP contribution in [-0.4, -0.2) is 24.7 Å². The number of nitrogens with zero attached hydrogens (tertiary/aromatic N) is 1. The van der Waals surface area contributed by atoms with E-state index in [4.69, 9.17) is 4.74 Å². The Labute approximate surface area is 99.2 Å². The van der Waals surface area contributed by atoms with Gasteiger partial charge in [0.15, 0.2) is 6.61 Å². The molecule has 0 amide bonds. The Hall–Kier alpha value is -2.10. The van der Waals surface area contributed by atoms with Gasteiger partial charge in [0.2, 0.25) is 0 Å². The summed E-state index contributed by atoms with van der Waals surface area (Å²) in [5.74, 6) is 0.238. The first-order chi connectivity index (χ1) is 8.20. The second kappa shape index (κ2) is 4.82. The molecule has 0 aliphatic rings. The number of pyridine rings is 1. The van der Waals surface area contributed by atoms with Crippen LogP contribution in [0.15, 0.2) is 30.5 Å². The monoisotopic (exact) mass is 231 g/mol. The Morgan fingerprint density at radius 3 is 3.00 bits per heavy atom. The van der Waals surface area contributed by atoms with Gasteiger partial charge in [-0.1, -0.05) is 12.1 Å². The van der Waals surface area contributed by atoms with Crippen molar-refractivity contribution in [3.8, 4) is 5.75 Å². The highest BCUT2D eigenvalue weighted by atomic mass is 16.6. The molecule has 0 aliphatic heterocycles. The van der Waals surface area contributed by atoms with Crippen molar-refractivity contribution in [3.63, 3.8) is 0 Å². The second-order valence-corrected chi connectivity index (χ2v) is 3.67. The molecule has 2 rings (SSSR count). The number of hydrogen-bond acceptors (Lipinski definition) is 4. The van der Waals surface area contributed by atoms with Crippen molar-refractivity contribution in [2.75, 3.05) is 13.7 Å². The Kier molecular flexibility index (Phi) is 3.23. The Bertz CT molecular complexity index is 551. The minimum atomic E-state index is -0.401. The van der Waals surface area contributed by atoms with Crippen LogP contribution in [0.25, 0.3) is 10.8 Å². The molecule has 0 saturated carbocycles. The predicted molar refractivity (Wildman–Crippen MR) is 64.0 cm³/mol. The minimum Gasteiger partial charge on any atom is -0.481 e. The summed E-state index contributed by atoms with van der Waals surface area (Å²) in [6.07, 6.45) is 1.75. The third-order valence-electron chi connectivity index (χ3n) is 2.43. The first-order valence-corrected chi connectivity index (χ1v) is 5.25. The van der Waals surface area contributed by atoms with E-state index < -0.39 is 5.97 Å². The molecular formula is C13H13NO3. The molecule has 0 spiro atoms. The van der Waals surface area contributed by atoms with E-state index in [9.17, 15) is 4.79 Å². The van der Waals surface area contributed by atoms with E-state index >= 15 is 0 Å². The molecule has 0 bridgehead atoms. The average molecular weight is 231 g/mol. The van der Waals surface area contributed by atoms with Gasteiger partial charge in [-0.25, -0.2) is 4.79 Å². The second-order valence-electron chi connectivity index (χ2n) is 3.67. The van der Waals surface area contributed by atoms with Gasteiger partial charge in [-0.2, -0.15) is 0 Å². The highest BCUT2D eigenvalue weighted by Crippen LogP contribution is 2.25. The van der Waals surface area contributed by atoms with Crippen LogP contribution in [0.4, 0.5) is 0 Å². The lowest BCUT2D eigenvalue weighted by molar-refractivity contribution is -0.142. The van der Waals surface area contributed by atoms with Crippen LogP contribution < -0.4 is 4.74 Å². The summed E-state index contributed by atoms with van der Waals surface area (Å²) in [5.41, 5.74) is 0.947. The molecule has 0 unspecified atom stereocenters. The van der Waals surface area contributed by atoms with Crippen LogP contribution in [0.3, 0.4) is 0 Å². The molecule has 17 heavy (non-hydrogen) atoms. The van der Waals surface area contributed by atoms with Crippen LogP contribution in [0, 0.1) is 6.92 Å². The van der Waals surface area contributed by atoms with Gasteiger partial charge < -0.3 is 9.47 Å². The zero-order valence-electron chi connectivity index (χ0n) is 9.77. The number of rotatable bonds is 3. The summed E-state index contributed by atoms with van der Waals surface area (Å²) in [7, 11) is 1.33. The number of ether oxygens (including phenoxy) is 2. The summed E-state index contributed by atoms with van der Waals surface area (Å²) in [6.45, 7) is 1.84. The van der Waals surface area contributed by atoms with E-state index in [2.05, 4.69) is 9.72 Å². The van der Waals surface area contributed by atoms with Crippen molar-refractivity contribution in [1.82, 2.24) is 4.98 Å². The standard InChI is InChI=1S/C13H13NO3/c1-9-6-10-4-3-5-12(11(10)7-14-9)17-8-13(15)16-2/h3-7H,8H2,1-2H3. The normalized spacial score (nSPS) is 10.2. The highest BCUT2D eigenvalue weighted by Gasteiger charge is 2.05. The smallest absolute Gasteiger partial charge is 0.343 e. The molecule has 0 atom stereocenters. The number of aromatic nitrogens is 1. The van der Waals surface area contributed by atoms with E-state index in [0.717, 1.165) is 16.5 Å². The molecule has 0 aliphatic carbocycles. The molecule has 0 N–H and O–H groups in total. The Morgan fingerprint density at radius 2 is 2.24 bits per heavy atom. The van der Waals surface area contributed by atoms with Gasteiger partial charge in [0.05, 0.1) is 7.11 Å². The third kappa shape index (κ3) is 2.53. The van der Waals surface area contributed by atoms with Crippen molar-refractivity contribution < 1.29 is 14.3 Å². The van der Waals surface area contributed by atoms with Crippen LogP contribution in [-0.2, 0) is 9.53 Å². The molecule has 1 aromatic carbocycles. The Balaban J connectivity index is 2.31. The van der Waals surface area contributed by atoms with E-state index in [-0.39, 0.29) is 6.61 Å². The predicted octanol–water partition coefficient (Wildman–Crippen LogP) is 2.10. The number of aryl methyl sites for hydroxylation is 1. The molecule has 4 heteroatoms. The van der Waals surface area contributed by atoms with E-state index in [0.29, 0.717) is 5.75 Å². The summed E-state index contributed by atoms with van der Waals surface area (Å²) >= 11 is 0. The number of esters is 1. The maximum atomic E-state index is 11.0. The van der Waals surface area contributed by atoms with Gasteiger partial charge in [0.25, 0.3) is 0 Å². The van der Waals surface area contributed by atoms with Crippen LogP contribution in [0.5, 0.6) is 5.75 Å². The topological polar surface area (TPSA) is 48.4 Å². The van der Waals surface area contributed by atoms with Gasteiger partial charge in [0.1, 0.15) is 5.75 Å².